The summed E-state index contributed by atoms with van der Waals surface area (Å²) in [7, 11) is 1.58. The molecule has 1 aliphatic heterocycles. The fourth-order valence-electron chi connectivity index (χ4n) is 5.67. The number of carbonyl (C=O) groups excluding carboxylic acids is 1. The predicted molar refractivity (Wildman–Crippen MR) is 191 cm³/mol. The Bertz CT molecular complexity index is 2140. The summed E-state index contributed by atoms with van der Waals surface area (Å²) in [6.07, 6.45) is 2.89. The molecule has 0 saturated carbocycles. The highest BCUT2D eigenvalue weighted by Gasteiger charge is 2.33. The number of ether oxygens (including phenoxy) is 4. The number of hydrogen-bond donors (Lipinski definition) is 0. The molecular weight excluding hydrogens is 637 g/mol. The second-order valence-corrected chi connectivity index (χ2v) is 12.7. The molecule has 0 fully saturated rings. The molecule has 0 bridgehead atoms. The minimum absolute atomic E-state index is 0.260. The van der Waals surface area contributed by atoms with Gasteiger partial charge in [-0.05, 0) is 78.4 Å². The molecule has 0 saturated heterocycles. The van der Waals surface area contributed by atoms with E-state index in [2.05, 4.69) is 26.0 Å². The van der Waals surface area contributed by atoms with Gasteiger partial charge in [0.05, 0.1) is 29.0 Å². The Morgan fingerprint density at radius 2 is 1.59 bits per heavy atom. The number of thiazole rings is 1. The van der Waals surface area contributed by atoms with Gasteiger partial charge in [0.2, 0.25) is 0 Å². The average molecular weight is 675 g/mol. The van der Waals surface area contributed by atoms with Crippen LogP contribution in [0.1, 0.15) is 55.8 Å². The second-order valence-electron chi connectivity index (χ2n) is 11.7. The van der Waals surface area contributed by atoms with Crippen LogP contribution in [0.25, 0.3) is 6.08 Å². The number of aromatic nitrogens is 1. The number of fused-ring (bicyclic) bond motifs is 1. The summed E-state index contributed by atoms with van der Waals surface area (Å²) in [5.41, 5.74) is 3.37. The Kier molecular flexibility index (Phi) is 10.4. The molecule has 1 aliphatic rings. The van der Waals surface area contributed by atoms with Gasteiger partial charge in [-0.15, -0.1) is 0 Å². The number of nitrogens with zero attached hydrogens (tertiary/aromatic N) is 2. The van der Waals surface area contributed by atoms with Crippen LogP contribution in [0.4, 0.5) is 0 Å². The number of benzene rings is 4. The summed E-state index contributed by atoms with van der Waals surface area (Å²) in [4.78, 5) is 32.9. The maximum atomic E-state index is 14.1. The number of hydrogen-bond acceptors (Lipinski definition) is 8. The number of methoxy groups -OCH3 is 1. The van der Waals surface area contributed by atoms with Gasteiger partial charge < -0.3 is 18.9 Å². The SMILES string of the molecule is CC[C@@H](C)c1ccc(OCCOc2ccc(/C=c3/sc4n(c3=O)[C@@H](c3ccccc3)C(C(=O)Oc3ccccc3)=C(C)N=4)cc2OC)cc1. The normalized spacial score (nSPS) is 14.9. The first kappa shape index (κ1) is 33.5. The summed E-state index contributed by atoms with van der Waals surface area (Å²) >= 11 is 1.27. The Morgan fingerprint density at radius 3 is 2.29 bits per heavy atom. The molecule has 5 aromatic rings. The van der Waals surface area contributed by atoms with E-state index in [1.165, 1.54) is 16.9 Å². The zero-order valence-corrected chi connectivity index (χ0v) is 28.7. The lowest BCUT2D eigenvalue weighted by atomic mass is 9.96. The monoisotopic (exact) mass is 674 g/mol. The molecule has 8 nitrogen and oxygen atoms in total. The summed E-state index contributed by atoms with van der Waals surface area (Å²) in [6.45, 7) is 6.87. The Balaban J connectivity index is 1.23. The first-order chi connectivity index (χ1) is 23.9. The molecule has 0 unspecified atom stereocenters. The van der Waals surface area contributed by atoms with Crippen LogP contribution in [-0.4, -0.2) is 30.9 Å². The molecule has 4 aromatic carbocycles. The largest absolute Gasteiger partial charge is 0.493 e. The highest BCUT2D eigenvalue weighted by molar-refractivity contribution is 7.07. The highest BCUT2D eigenvalue weighted by atomic mass is 32.1. The van der Waals surface area contributed by atoms with Gasteiger partial charge in [0.25, 0.3) is 5.56 Å². The summed E-state index contributed by atoms with van der Waals surface area (Å²) in [5.74, 6) is 2.27. The quantitative estimate of drug-likeness (QED) is 0.0820. The van der Waals surface area contributed by atoms with E-state index in [1.54, 1.807) is 48.9 Å². The van der Waals surface area contributed by atoms with Crippen molar-refractivity contribution in [3.8, 4) is 23.0 Å². The molecule has 9 heteroatoms. The van der Waals surface area contributed by atoms with E-state index in [-0.39, 0.29) is 5.56 Å². The highest BCUT2D eigenvalue weighted by Crippen LogP contribution is 2.32. The lowest BCUT2D eigenvalue weighted by molar-refractivity contribution is -0.130. The molecule has 1 aromatic heterocycles. The smallest absolute Gasteiger partial charge is 0.343 e. The van der Waals surface area contributed by atoms with E-state index in [4.69, 9.17) is 23.9 Å². The molecule has 2 heterocycles. The topological polar surface area (TPSA) is 88.4 Å². The number of para-hydroxylation sites is 1. The van der Waals surface area contributed by atoms with Gasteiger partial charge in [-0.25, -0.2) is 9.79 Å². The summed E-state index contributed by atoms with van der Waals surface area (Å²) in [6, 6.07) is 31.3. The van der Waals surface area contributed by atoms with Crippen LogP contribution in [-0.2, 0) is 4.79 Å². The second kappa shape index (κ2) is 15.2. The van der Waals surface area contributed by atoms with Crippen molar-refractivity contribution >= 4 is 23.4 Å². The maximum Gasteiger partial charge on any atom is 0.343 e. The van der Waals surface area contributed by atoms with Gasteiger partial charge in [-0.1, -0.05) is 91.9 Å². The van der Waals surface area contributed by atoms with Crippen molar-refractivity contribution in [3.63, 3.8) is 0 Å². The molecular formula is C40H38N2O6S. The van der Waals surface area contributed by atoms with E-state index in [0.29, 0.717) is 57.0 Å². The molecule has 250 valence electrons. The van der Waals surface area contributed by atoms with E-state index in [0.717, 1.165) is 23.3 Å². The lowest BCUT2D eigenvalue weighted by Crippen LogP contribution is -2.40. The standard InChI is InChI=1S/C40H38N2O6S/c1-5-26(2)29-17-19-31(20-18-29)46-22-23-47-33-21-16-28(24-34(33)45-4)25-35-38(43)42-37(30-12-8-6-9-13-30)36(27(3)41-40(42)49-35)39(44)48-32-14-10-7-11-15-32/h6-21,24-26,37H,5,22-23H2,1-4H3/b35-25+/t26-,37+/m1/s1. The molecule has 0 spiro atoms. The van der Waals surface area contributed by atoms with Crippen LogP contribution in [0.3, 0.4) is 0 Å². The first-order valence-electron chi connectivity index (χ1n) is 16.2. The third-order valence-corrected chi connectivity index (χ3v) is 9.45. The van der Waals surface area contributed by atoms with E-state index < -0.39 is 12.0 Å². The van der Waals surface area contributed by atoms with Crippen molar-refractivity contribution in [2.75, 3.05) is 20.3 Å². The van der Waals surface area contributed by atoms with Crippen molar-refractivity contribution in [2.45, 2.75) is 39.2 Å². The van der Waals surface area contributed by atoms with Gasteiger partial charge in [-0.3, -0.25) is 9.36 Å². The van der Waals surface area contributed by atoms with Crippen molar-refractivity contribution < 1.29 is 23.7 Å². The van der Waals surface area contributed by atoms with Crippen LogP contribution in [0.15, 0.2) is 124 Å². The molecule has 0 radical (unpaired) electrons. The van der Waals surface area contributed by atoms with Crippen molar-refractivity contribution in [2.24, 2.45) is 4.99 Å². The third-order valence-electron chi connectivity index (χ3n) is 8.47. The zero-order chi connectivity index (χ0) is 34.3. The van der Waals surface area contributed by atoms with Crippen LogP contribution in [0.2, 0.25) is 0 Å². The fourth-order valence-corrected chi connectivity index (χ4v) is 6.71. The zero-order valence-electron chi connectivity index (χ0n) is 27.9. The van der Waals surface area contributed by atoms with Crippen LogP contribution < -0.4 is 33.8 Å². The van der Waals surface area contributed by atoms with Gasteiger partial charge in [0, 0.05) is 0 Å². The molecule has 2 atom stereocenters. The molecule has 0 aliphatic carbocycles. The molecule has 6 rings (SSSR count). The van der Waals surface area contributed by atoms with E-state index in [9.17, 15) is 9.59 Å². The number of allylic oxidation sites excluding steroid dienone is 1. The molecule has 0 N–H and O–H groups in total. The van der Waals surface area contributed by atoms with Crippen LogP contribution >= 0.6 is 11.3 Å². The Morgan fingerprint density at radius 1 is 0.898 bits per heavy atom. The van der Waals surface area contributed by atoms with Crippen LogP contribution in [0, 0.1) is 0 Å². The number of carbonyl (C=O) groups is 1. The van der Waals surface area contributed by atoms with Gasteiger partial charge >= 0.3 is 5.97 Å². The van der Waals surface area contributed by atoms with Crippen molar-refractivity contribution in [3.05, 3.63) is 151 Å². The van der Waals surface area contributed by atoms with Gasteiger partial charge in [0.1, 0.15) is 24.7 Å². The number of esters is 1. The lowest BCUT2D eigenvalue weighted by Gasteiger charge is -2.24. The first-order valence-corrected chi connectivity index (χ1v) is 17.1. The Labute approximate surface area is 289 Å². The number of rotatable bonds is 12. The predicted octanol–water partition coefficient (Wildman–Crippen LogP) is 6.82. The third kappa shape index (κ3) is 7.52. The Hall–Kier alpha value is -5.41. The molecule has 0 amide bonds. The van der Waals surface area contributed by atoms with Crippen molar-refractivity contribution in [1.82, 2.24) is 4.57 Å². The summed E-state index contributed by atoms with van der Waals surface area (Å²) in [5, 5.41) is 0. The van der Waals surface area contributed by atoms with Gasteiger partial charge in [0.15, 0.2) is 16.3 Å². The van der Waals surface area contributed by atoms with E-state index in [1.807, 2.05) is 66.7 Å². The minimum Gasteiger partial charge on any atom is -0.493 e. The van der Waals surface area contributed by atoms with Gasteiger partial charge in [-0.2, -0.15) is 0 Å². The fraction of sp³-hybridized carbons (Fsp3) is 0.225. The maximum absolute atomic E-state index is 14.1. The van der Waals surface area contributed by atoms with Crippen molar-refractivity contribution in [1.29, 1.82) is 0 Å². The minimum atomic E-state index is -0.707. The summed E-state index contributed by atoms with van der Waals surface area (Å²) < 4.78 is 25.3. The van der Waals surface area contributed by atoms with E-state index >= 15 is 0 Å². The molecule has 49 heavy (non-hydrogen) atoms. The van der Waals surface area contributed by atoms with Crippen LogP contribution in [0.5, 0.6) is 23.0 Å². The average Bonchev–Trinajstić information content (AvgIpc) is 3.43.